The third-order valence-electron chi connectivity index (χ3n) is 3.65. The van der Waals surface area contributed by atoms with Crippen molar-refractivity contribution in [3.8, 4) is 5.75 Å². The molecule has 0 aliphatic heterocycles. The number of nitrogens with one attached hydrogen (secondary N) is 1. The number of benzene rings is 2. The van der Waals surface area contributed by atoms with E-state index in [4.69, 9.17) is 16.3 Å². The van der Waals surface area contributed by atoms with Crippen molar-refractivity contribution in [2.75, 3.05) is 24.2 Å². The number of halogens is 1. The number of hydrazone groups is 1. The molecule has 1 N–H and O–H groups in total. The summed E-state index contributed by atoms with van der Waals surface area (Å²) in [5.74, 6) is -0.177. The van der Waals surface area contributed by atoms with Crippen molar-refractivity contribution in [1.82, 2.24) is 5.43 Å². The minimum absolute atomic E-state index is 0.238. The Balaban J connectivity index is 2.17. The maximum atomic E-state index is 12.2. The third kappa shape index (κ3) is 5.70. The lowest BCUT2D eigenvalue weighted by molar-refractivity contribution is -0.119. The number of anilines is 1. The lowest BCUT2D eigenvalue weighted by Crippen LogP contribution is -2.39. The van der Waals surface area contributed by atoms with Crippen LogP contribution in [0.3, 0.4) is 0 Å². The van der Waals surface area contributed by atoms with E-state index in [0.717, 1.165) is 16.1 Å². The largest absolute Gasteiger partial charge is 0.495 e. The Kier molecular flexibility index (Phi) is 6.81. The van der Waals surface area contributed by atoms with Gasteiger partial charge in [0.05, 0.1) is 29.8 Å². The zero-order chi connectivity index (χ0) is 20.0. The van der Waals surface area contributed by atoms with Crippen LogP contribution in [0.15, 0.2) is 53.6 Å². The maximum Gasteiger partial charge on any atom is 0.260 e. The molecule has 0 saturated carbocycles. The lowest BCUT2D eigenvalue weighted by Gasteiger charge is -2.22. The molecule has 0 spiro atoms. The van der Waals surface area contributed by atoms with Gasteiger partial charge in [-0.1, -0.05) is 41.9 Å². The standard InChI is InChI=1S/C18H20ClN3O4S/c1-13(14-7-5-4-6-8-14)20-21-18(23)12-22(27(3,24)25)15-9-10-17(26-2)16(19)11-15/h4-11H,12H2,1-3H3,(H,21,23)/b20-13-. The number of amides is 1. The van der Waals surface area contributed by atoms with E-state index in [0.29, 0.717) is 11.5 Å². The first-order chi connectivity index (χ1) is 12.7. The van der Waals surface area contributed by atoms with Gasteiger partial charge in [0.2, 0.25) is 10.0 Å². The molecule has 0 atom stereocenters. The Morgan fingerprint density at radius 2 is 1.89 bits per heavy atom. The van der Waals surface area contributed by atoms with E-state index in [1.54, 1.807) is 6.92 Å². The van der Waals surface area contributed by atoms with Gasteiger partial charge in [-0.2, -0.15) is 5.10 Å². The summed E-state index contributed by atoms with van der Waals surface area (Å²) in [5, 5.41) is 4.26. The molecule has 0 fully saturated rings. The van der Waals surface area contributed by atoms with Crippen LogP contribution in [0.2, 0.25) is 5.02 Å². The van der Waals surface area contributed by atoms with Crippen molar-refractivity contribution in [3.63, 3.8) is 0 Å². The second kappa shape index (κ2) is 8.88. The van der Waals surface area contributed by atoms with Crippen molar-refractivity contribution < 1.29 is 17.9 Å². The van der Waals surface area contributed by atoms with Gasteiger partial charge in [-0.3, -0.25) is 9.10 Å². The van der Waals surface area contributed by atoms with Crippen molar-refractivity contribution in [3.05, 3.63) is 59.1 Å². The molecule has 2 aromatic carbocycles. The summed E-state index contributed by atoms with van der Waals surface area (Å²) in [6, 6.07) is 13.8. The Morgan fingerprint density at radius 1 is 1.22 bits per heavy atom. The fourth-order valence-corrected chi connectivity index (χ4v) is 3.37. The molecule has 0 saturated heterocycles. The highest BCUT2D eigenvalue weighted by atomic mass is 35.5. The van der Waals surface area contributed by atoms with Crippen LogP contribution in [0, 0.1) is 0 Å². The van der Waals surface area contributed by atoms with E-state index in [1.807, 2.05) is 30.3 Å². The highest BCUT2D eigenvalue weighted by Gasteiger charge is 2.21. The number of sulfonamides is 1. The zero-order valence-corrected chi connectivity index (χ0v) is 16.7. The quantitative estimate of drug-likeness (QED) is 0.562. The minimum Gasteiger partial charge on any atom is -0.495 e. The van der Waals surface area contributed by atoms with E-state index < -0.39 is 22.5 Å². The monoisotopic (exact) mass is 409 g/mol. The summed E-state index contributed by atoms with van der Waals surface area (Å²) in [7, 11) is -2.26. The fourth-order valence-electron chi connectivity index (χ4n) is 2.27. The predicted molar refractivity (Wildman–Crippen MR) is 107 cm³/mol. The normalized spacial score (nSPS) is 11.8. The average Bonchev–Trinajstić information content (AvgIpc) is 2.64. The molecule has 0 aliphatic carbocycles. The molecule has 7 nitrogen and oxygen atoms in total. The molecule has 0 aliphatic rings. The van der Waals surface area contributed by atoms with Gasteiger partial charge in [0.1, 0.15) is 12.3 Å². The van der Waals surface area contributed by atoms with E-state index in [-0.39, 0.29) is 10.7 Å². The van der Waals surface area contributed by atoms with Gasteiger partial charge in [0.25, 0.3) is 5.91 Å². The van der Waals surface area contributed by atoms with Crippen molar-refractivity contribution >= 4 is 38.9 Å². The highest BCUT2D eigenvalue weighted by Crippen LogP contribution is 2.30. The van der Waals surface area contributed by atoms with E-state index in [1.165, 1.54) is 25.3 Å². The molecule has 144 valence electrons. The number of hydrogen-bond acceptors (Lipinski definition) is 5. The van der Waals surface area contributed by atoms with Crippen LogP contribution >= 0.6 is 11.6 Å². The molecular weight excluding hydrogens is 390 g/mol. The van der Waals surface area contributed by atoms with Gasteiger partial charge in [-0.15, -0.1) is 0 Å². The fraction of sp³-hybridized carbons (Fsp3) is 0.222. The number of ether oxygens (including phenoxy) is 1. The van der Waals surface area contributed by atoms with Crippen LogP contribution in [0.4, 0.5) is 5.69 Å². The number of carbonyl (C=O) groups is 1. The lowest BCUT2D eigenvalue weighted by atomic mass is 10.1. The molecule has 0 unspecified atom stereocenters. The van der Waals surface area contributed by atoms with Crippen molar-refractivity contribution in [1.29, 1.82) is 0 Å². The van der Waals surface area contributed by atoms with Gasteiger partial charge < -0.3 is 4.74 Å². The number of hydrogen-bond donors (Lipinski definition) is 1. The molecule has 0 heterocycles. The summed E-state index contributed by atoms with van der Waals surface area (Å²) in [5.41, 5.74) is 4.07. The number of rotatable bonds is 7. The summed E-state index contributed by atoms with van der Waals surface area (Å²) in [4.78, 5) is 12.2. The summed E-state index contributed by atoms with van der Waals surface area (Å²) in [6.07, 6.45) is 1.01. The Labute approximate surface area is 163 Å². The van der Waals surface area contributed by atoms with Crippen molar-refractivity contribution in [2.24, 2.45) is 5.10 Å². The Morgan fingerprint density at radius 3 is 2.44 bits per heavy atom. The van der Waals surface area contributed by atoms with Crippen LogP contribution in [0.1, 0.15) is 12.5 Å². The second-order valence-electron chi connectivity index (χ2n) is 5.69. The second-order valence-corrected chi connectivity index (χ2v) is 8.00. The van der Waals surface area contributed by atoms with Gasteiger partial charge in [0, 0.05) is 0 Å². The van der Waals surface area contributed by atoms with Gasteiger partial charge in [-0.05, 0) is 30.7 Å². The predicted octanol–water partition coefficient (Wildman–Crippen LogP) is 2.66. The van der Waals surface area contributed by atoms with Crippen molar-refractivity contribution in [2.45, 2.75) is 6.92 Å². The maximum absolute atomic E-state index is 12.2. The van der Waals surface area contributed by atoms with Gasteiger partial charge >= 0.3 is 0 Å². The average molecular weight is 410 g/mol. The molecule has 2 aromatic rings. The van der Waals surface area contributed by atoms with Crippen LogP contribution in [-0.2, 0) is 14.8 Å². The summed E-state index contributed by atoms with van der Waals surface area (Å²) >= 11 is 6.06. The SMILES string of the molecule is COc1ccc(N(CC(=O)N/N=C(/C)c2ccccc2)S(C)(=O)=O)cc1Cl. The number of nitrogens with zero attached hydrogens (tertiary/aromatic N) is 2. The Bertz CT molecular complexity index is 946. The van der Waals surface area contributed by atoms with E-state index in [9.17, 15) is 13.2 Å². The zero-order valence-electron chi connectivity index (χ0n) is 15.1. The van der Waals surface area contributed by atoms with Crippen LogP contribution in [0.25, 0.3) is 0 Å². The first-order valence-corrected chi connectivity index (χ1v) is 10.1. The molecule has 0 aromatic heterocycles. The minimum atomic E-state index is -3.72. The molecule has 9 heteroatoms. The molecule has 2 rings (SSSR count). The third-order valence-corrected chi connectivity index (χ3v) is 5.09. The van der Waals surface area contributed by atoms with E-state index >= 15 is 0 Å². The van der Waals surface area contributed by atoms with Gasteiger partial charge in [-0.25, -0.2) is 13.8 Å². The molecule has 0 radical (unpaired) electrons. The van der Waals surface area contributed by atoms with Gasteiger partial charge in [0.15, 0.2) is 0 Å². The van der Waals surface area contributed by atoms with E-state index in [2.05, 4.69) is 10.5 Å². The molecule has 27 heavy (non-hydrogen) atoms. The highest BCUT2D eigenvalue weighted by molar-refractivity contribution is 7.92. The first-order valence-electron chi connectivity index (χ1n) is 7.92. The van der Waals surface area contributed by atoms with Crippen LogP contribution < -0.4 is 14.5 Å². The first kappa shape index (κ1) is 20.7. The van der Waals surface area contributed by atoms with Crippen LogP contribution in [-0.4, -0.2) is 39.9 Å². The Hall–Kier alpha value is -2.58. The molecule has 0 bridgehead atoms. The molecular formula is C18H20ClN3O4S. The molecule has 1 amide bonds. The smallest absolute Gasteiger partial charge is 0.260 e. The number of methoxy groups -OCH3 is 1. The number of carbonyl (C=O) groups excluding carboxylic acids is 1. The summed E-state index contributed by atoms with van der Waals surface area (Å²) in [6.45, 7) is 1.31. The van der Waals surface area contributed by atoms with Crippen LogP contribution in [0.5, 0.6) is 5.75 Å². The topological polar surface area (TPSA) is 88.1 Å². The summed E-state index contributed by atoms with van der Waals surface area (Å²) < 4.78 is 30.3.